The number of ether oxygens (including phenoxy) is 1. The molecule has 3 rings (SSSR count). The van der Waals surface area contributed by atoms with E-state index in [1.54, 1.807) is 6.07 Å². The first-order chi connectivity index (χ1) is 9.06. The number of aryl methyl sites for hydroxylation is 1. The molecule has 0 amide bonds. The normalized spacial score (nSPS) is 34.7. The third-order valence-corrected chi connectivity index (χ3v) is 4.82. The van der Waals surface area contributed by atoms with Crippen LogP contribution in [0.2, 0.25) is 0 Å². The van der Waals surface area contributed by atoms with E-state index in [2.05, 4.69) is 0 Å². The topological polar surface area (TPSA) is 55.5 Å². The zero-order valence-corrected chi connectivity index (χ0v) is 11.1. The molecule has 2 heterocycles. The number of halogens is 1. The lowest BCUT2D eigenvalue weighted by molar-refractivity contribution is -0.0268. The van der Waals surface area contributed by atoms with E-state index in [0.29, 0.717) is 12.1 Å². The van der Waals surface area contributed by atoms with Gasteiger partial charge in [0.15, 0.2) is 0 Å². The van der Waals surface area contributed by atoms with Gasteiger partial charge in [-0.3, -0.25) is 0 Å². The molecule has 4 heteroatoms. The van der Waals surface area contributed by atoms with Crippen LogP contribution in [0.25, 0.3) is 0 Å². The molecule has 0 saturated carbocycles. The minimum atomic E-state index is -0.761. The van der Waals surface area contributed by atoms with Crippen LogP contribution < -0.4 is 5.73 Å². The molecule has 0 aromatic heterocycles. The van der Waals surface area contributed by atoms with Crippen molar-refractivity contribution in [2.75, 3.05) is 6.54 Å². The summed E-state index contributed by atoms with van der Waals surface area (Å²) in [5, 5.41) is 10.8. The standard InChI is InChI=1S/C15H20FNO2/c1-9-2-3-10(16)6-12(9)14(18)15(8-17)7-11-4-5-13(15)19-11/h2-3,6,11,13-14,18H,4-5,7-8,17H2,1H3. The van der Waals surface area contributed by atoms with Gasteiger partial charge in [0.2, 0.25) is 0 Å². The van der Waals surface area contributed by atoms with E-state index < -0.39 is 11.5 Å². The number of hydrogen-bond acceptors (Lipinski definition) is 3. The minimum absolute atomic E-state index is 0.000155. The van der Waals surface area contributed by atoms with Crippen LogP contribution in [-0.2, 0) is 4.74 Å². The van der Waals surface area contributed by atoms with Gasteiger partial charge in [0.1, 0.15) is 5.82 Å². The van der Waals surface area contributed by atoms with Gasteiger partial charge in [0.25, 0.3) is 0 Å². The summed E-state index contributed by atoms with van der Waals surface area (Å²) >= 11 is 0. The first-order valence-corrected chi connectivity index (χ1v) is 6.86. The van der Waals surface area contributed by atoms with E-state index in [-0.39, 0.29) is 18.0 Å². The zero-order chi connectivity index (χ0) is 13.6. The molecule has 2 fully saturated rings. The Bertz CT molecular complexity index is 493. The van der Waals surface area contributed by atoms with Crippen LogP contribution in [-0.4, -0.2) is 23.9 Å². The Morgan fingerprint density at radius 2 is 2.32 bits per heavy atom. The SMILES string of the molecule is Cc1ccc(F)cc1C(O)C1(CN)CC2CCC1O2. The van der Waals surface area contributed by atoms with Gasteiger partial charge >= 0.3 is 0 Å². The maximum Gasteiger partial charge on any atom is 0.123 e. The highest BCUT2D eigenvalue weighted by molar-refractivity contribution is 5.31. The summed E-state index contributed by atoms with van der Waals surface area (Å²) in [6, 6.07) is 4.54. The van der Waals surface area contributed by atoms with Crippen molar-refractivity contribution in [1.82, 2.24) is 0 Å². The molecule has 3 nitrogen and oxygen atoms in total. The molecular formula is C15H20FNO2. The van der Waals surface area contributed by atoms with Gasteiger partial charge in [-0.2, -0.15) is 0 Å². The van der Waals surface area contributed by atoms with Crippen molar-refractivity contribution < 1.29 is 14.2 Å². The van der Waals surface area contributed by atoms with Crippen molar-refractivity contribution in [3.8, 4) is 0 Å². The summed E-state index contributed by atoms with van der Waals surface area (Å²) in [6.07, 6.45) is 2.19. The lowest BCUT2D eigenvalue weighted by atomic mass is 9.68. The molecule has 0 spiro atoms. The van der Waals surface area contributed by atoms with Crippen molar-refractivity contribution in [2.45, 2.75) is 44.5 Å². The molecule has 2 saturated heterocycles. The number of nitrogens with two attached hydrogens (primary N) is 1. The van der Waals surface area contributed by atoms with E-state index in [0.717, 1.165) is 24.8 Å². The maximum atomic E-state index is 13.4. The third-order valence-electron chi connectivity index (χ3n) is 4.82. The Morgan fingerprint density at radius 3 is 2.89 bits per heavy atom. The summed E-state index contributed by atoms with van der Waals surface area (Å²) < 4.78 is 19.3. The van der Waals surface area contributed by atoms with Crippen molar-refractivity contribution in [3.05, 3.63) is 35.1 Å². The largest absolute Gasteiger partial charge is 0.388 e. The average molecular weight is 265 g/mol. The predicted molar refractivity (Wildman–Crippen MR) is 70.1 cm³/mol. The van der Waals surface area contributed by atoms with Gasteiger partial charge in [-0.25, -0.2) is 4.39 Å². The first-order valence-electron chi connectivity index (χ1n) is 6.86. The van der Waals surface area contributed by atoms with Crippen molar-refractivity contribution >= 4 is 0 Å². The molecule has 19 heavy (non-hydrogen) atoms. The molecule has 4 atom stereocenters. The molecular weight excluding hydrogens is 245 g/mol. The van der Waals surface area contributed by atoms with Gasteiger partial charge in [0, 0.05) is 12.0 Å². The smallest absolute Gasteiger partial charge is 0.123 e. The van der Waals surface area contributed by atoms with Gasteiger partial charge in [-0.05, 0) is 49.4 Å². The lowest BCUT2D eigenvalue weighted by Gasteiger charge is -2.39. The van der Waals surface area contributed by atoms with Crippen LogP contribution in [0.3, 0.4) is 0 Å². The molecule has 0 aliphatic carbocycles. The van der Waals surface area contributed by atoms with Crippen LogP contribution in [0.4, 0.5) is 4.39 Å². The molecule has 1 aromatic carbocycles. The zero-order valence-electron chi connectivity index (χ0n) is 11.1. The summed E-state index contributed by atoms with van der Waals surface area (Å²) in [6.45, 7) is 2.25. The van der Waals surface area contributed by atoms with E-state index >= 15 is 0 Å². The number of rotatable bonds is 3. The van der Waals surface area contributed by atoms with Gasteiger partial charge in [-0.1, -0.05) is 6.07 Å². The summed E-state index contributed by atoms with van der Waals surface area (Å²) in [5.41, 5.74) is 7.02. The van der Waals surface area contributed by atoms with Crippen molar-refractivity contribution in [1.29, 1.82) is 0 Å². The van der Waals surface area contributed by atoms with Crippen LogP contribution >= 0.6 is 0 Å². The van der Waals surface area contributed by atoms with Crippen LogP contribution in [0, 0.1) is 18.2 Å². The van der Waals surface area contributed by atoms with E-state index in [1.807, 2.05) is 6.92 Å². The second-order valence-electron chi connectivity index (χ2n) is 5.87. The summed E-state index contributed by atoms with van der Waals surface area (Å²) in [4.78, 5) is 0. The lowest BCUT2D eigenvalue weighted by Crippen LogP contribution is -2.44. The predicted octanol–water partition coefficient (Wildman–Crippen LogP) is 2.06. The second-order valence-corrected chi connectivity index (χ2v) is 5.87. The fourth-order valence-electron chi connectivity index (χ4n) is 3.66. The van der Waals surface area contributed by atoms with Gasteiger partial charge < -0.3 is 15.6 Å². The highest BCUT2D eigenvalue weighted by atomic mass is 19.1. The third kappa shape index (κ3) is 1.90. The summed E-state index contributed by atoms with van der Waals surface area (Å²) in [7, 11) is 0. The minimum Gasteiger partial charge on any atom is -0.388 e. The van der Waals surface area contributed by atoms with Crippen LogP contribution in [0.1, 0.15) is 36.5 Å². The Labute approximate surface area is 112 Å². The van der Waals surface area contributed by atoms with Gasteiger partial charge in [0.05, 0.1) is 18.3 Å². The Hall–Kier alpha value is -0.970. The number of aliphatic hydroxyl groups is 1. The molecule has 4 unspecified atom stereocenters. The van der Waals surface area contributed by atoms with Gasteiger partial charge in [-0.15, -0.1) is 0 Å². The molecule has 2 bridgehead atoms. The van der Waals surface area contributed by atoms with E-state index in [4.69, 9.17) is 10.5 Å². The quantitative estimate of drug-likeness (QED) is 0.879. The number of aliphatic hydroxyl groups excluding tert-OH is 1. The maximum absolute atomic E-state index is 13.4. The van der Waals surface area contributed by atoms with E-state index in [9.17, 15) is 9.50 Å². The number of fused-ring (bicyclic) bond motifs is 2. The average Bonchev–Trinajstić information content (AvgIpc) is 3.01. The van der Waals surface area contributed by atoms with Crippen LogP contribution in [0.15, 0.2) is 18.2 Å². The number of hydrogen-bond donors (Lipinski definition) is 2. The fourth-order valence-corrected chi connectivity index (χ4v) is 3.66. The molecule has 2 aliphatic rings. The molecule has 104 valence electrons. The summed E-state index contributed by atoms with van der Waals surface area (Å²) in [5.74, 6) is -0.323. The highest BCUT2D eigenvalue weighted by Crippen LogP contribution is 2.53. The Kier molecular flexibility index (Phi) is 3.12. The number of benzene rings is 1. The van der Waals surface area contributed by atoms with Crippen molar-refractivity contribution in [3.63, 3.8) is 0 Å². The molecule has 1 aromatic rings. The van der Waals surface area contributed by atoms with Crippen LogP contribution in [0.5, 0.6) is 0 Å². The first kappa shape index (κ1) is 13.0. The molecule has 3 N–H and O–H groups in total. The second kappa shape index (κ2) is 4.54. The fraction of sp³-hybridized carbons (Fsp3) is 0.600. The Balaban J connectivity index is 1.98. The monoisotopic (exact) mass is 265 g/mol. The Morgan fingerprint density at radius 1 is 1.53 bits per heavy atom. The van der Waals surface area contributed by atoms with E-state index in [1.165, 1.54) is 12.1 Å². The molecule has 2 aliphatic heterocycles. The van der Waals surface area contributed by atoms with Crippen molar-refractivity contribution in [2.24, 2.45) is 11.1 Å². The highest BCUT2D eigenvalue weighted by Gasteiger charge is 2.55. The molecule has 0 radical (unpaired) electrons.